The van der Waals surface area contributed by atoms with Crippen LogP contribution in [0.25, 0.3) is 6.08 Å². The van der Waals surface area contributed by atoms with Crippen molar-refractivity contribution in [3.05, 3.63) is 52.1 Å². The number of anilines is 2. The van der Waals surface area contributed by atoms with Gasteiger partial charge in [-0.3, -0.25) is 4.79 Å². The minimum Gasteiger partial charge on any atom is -0.374 e. The normalized spacial score (nSPS) is 18.4. The molecule has 5 rings (SSSR count). The second-order valence-electron chi connectivity index (χ2n) is 12.4. The highest BCUT2D eigenvalue weighted by atomic mass is 28.3. The van der Waals surface area contributed by atoms with Gasteiger partial charge < -0.3 is 9.80 Å². The summed E-state index contributed by atoms with van der Waals surface area (Å²) in [5.41, 5.74) is 8.94. The lowest BCUT2D eigenvalue weighted by Crippen LogP contribution is -2.60. The van der Waals surface area contributed by atoms with E-state index in [1.807, 2.05) is 0 Å². The molecule has 0 fully saturated rings. The first-order valence-electron chi connectivity index (χ1n) is 13.0. The first-order chi connectivity index (χ1) is 16.0. The van der Waals surface area contributed by atoms with Gasteiger partial charge in [0.05, 0.1) is 0 Å². The standard InChI is InChI=1S/C30H40N2OSi/c1-30(2,3)14-10-8-9-11-22-21-13-16-32(5)25(21)19-27-28(22)29(33)23-17-20-12-15-31(4)24(20)18-26(23)34(27,6)7/h9,11,17-19H,8,10,12-16H2,1-7H3/b11-9+. The third-order valence-electron chi connectivity index (χ3n) is 8.31. The molecule has 3 nitrogen and oxygen atoms in total. The predicted octanol–water partition coefficient (Wildman–Crippen LogP) is 5.27. The molecular weight excluding hydrogens is 432 g/mol. The average molecular weight is 473 g/mol. The topological polar surface area (TPSA) is 23.6 Å². The highest BCUT2D eigenvalue weighted by molar-refractivity contribution is 7.02. The molecule has 3 heterocycles. The second kappa shape index (κ2) is 8.12. The minimum atomic E-state index is -2.04. The van der Waals surface area contributed by atoms with E-state index in [1.54, 1.807) is 0 Å². The lowest BCUT2D eigenvalue weighted by atomic mass is 9.89. The Morgan fingerprint density at radius 2 is 1.65 bits per heavy atom. The van der Waals surface area contributed by atoms with E-state index in [0.29, 0.717) is 5.41 Å². The molecule has 0 radical (unpaired) electrons. The number of carbonyl (C=O) groups excluding carboxylic acids is 1. The van der Waals surface area contributed by atoms with Crippen LogP contribution in [0, 0.1) is 5.41 Å². The average Bonchev–Trinajstić information content (AvgIpc) is 3.32. The quantitative estimate of drug-likeness (QED) is 0.447. The van der Waals surface area contributed by atoms with Gasteiger partial charge in [-0.15, -0.1) is 0 Å². The number of unbranched alkanes of at least 4 members (excludes halogenated alkanes) is 1. The SMILES string of the molecule is CN1CCc2cc3c(cc21)[Si](C)(C)c1cc2c(c(/C=C/CCCC(C)(C)C)c1C3=O)CCN2C. The zero-order valence-electron chi connectivity index (χ0n) is 22.1. The van der Waals surface area contributed by atoms with Gasteiger partial charge in [0.15, 0.2) is 5.78 Å². The molecule has 0 N–H and O–H groups in total. The molecule has 3 aliphatic rings. The van der Waals surface area contributed by atoms with E-state index in [2.05, 4.69) is 88.1 Å². The Kier molecular flexibility index (Phi) is 5.59. The molecule has 180 valence electrons. The summed E-state index contributed by atoms with van der Waals surface area (Å²) in [6.45, 7) is 13.9. The van der Waals surface area contributed by atoms with Gasteiger partial charge in [0.2, 0.25) is 0 Å². The van der Waals surface area contributed by atoms with E-state index >= 15 is 0 Å². The molecule has 0 spiro atoms. The van der Waals surface area contributed by atoms with Gasteiger partial charge in [0.1, 0.15) is 8.07 Å². The Balaban J connectivity index is 1.63. The van der Waals surface area contributed by atoms with Gasteiger partial charge in [-0.2, -0.15) is 0 Å². The summed E-state index contributed by atoms with van der Waals surface area (Å²) in [4.78, 5) is 18.9. The Hall–Kier alpha value is -2.33. The highest BCUT2D eigenvalue weighted by Crippen LogP contribution is 2.37. The van der Waals surface area contributed by atoms with Crippen LogP contribution in [-0.4, -0.2) is 41.0 Å². The van der Waals surface area contributed by atoms with Gasteiger partial charge in [-0.1, -0.05) is 46.0 Å². The summed E-state index contributed by atoms with van der Waals surface area (Å²) in [6, 6.07) is 6.99. The van der Waals surface area contributed by atoms with Crippen LogP contribution in [0.5, 0.6) is 0 Å². The van der Waals surface area contributed by atoms with Crippen molar-refractivity contribution < 1.29 is 4.79 Å². The van der Waals surface area contributed by atoms with Gasteiger partial charge >= 0.3 is 0 Å². The Morgan fingerprint density at radius 1 is 0.971 bits per heavy atom. The summed E-state index contributed by atoms with van der Waals surface area (Å²) < 4.78 is 0. The van der Waals surface area contributed by atoms with Gasteiger partial charge in [-0.05, 0) is 82.8 Å². The first-order valence-corrected chi connectivity index (χ1v) is 16.0. The monoisotopic (exact) mass is 472 g/mol. The molecule has 34 heavy (non-hydrogen) atoms. The first kappa shape index (κ1) is 23.4. The van der Waals surface area contributed by atoms with Crippen LogP contribution in [0.1, 0.15) is 72.6 Å². The zero-order chi connectivity index (χ0) is 24.4. The number of benzene rings is 2. The van der Waals surface area contributed by atoms with Crippen LogP contribution in [0.15, 0.2) is 24.3 Å². The van der Waals surface area contributed by atoms with Crippen LogP contribution >= 0.6 is 0 Å². The van der Waals surface area contributed by atoms with Crippen LogP contribution in [0.3, 0.4) is 0 Å². The van der Waals surface area contributed by atoms with Crippen molar-refractivity contribution in [1.82, 2.24) is 0 Å². The Morgan fingerprint density at radius 3 is 2.38 bits per heavy atom. The van der Waals surface area contributed by atoms with Gasteiger partial charge in [0, 0.05) is 49.7 Å². The molecule has 0 saturated carbocycles. The van der Waals surface area contributed by atoms with E-state index in [4.69, 9.17) is 0 Å². The van der Waals surface area contributed by atoms with Crippen molar-refractivity contribution >= 4 is 41.7 Å². The third kappa shape index (κ3) is 3.75. The molecule has 3 aliphatic heterocycles. The summed E-state index contributed by atoms with van der Waals surface area (Å²) >= 11 is 0. The molecule has 0 aliphatic carbocycles. The Bertz CT molecular complexity index is 1200. The predicted molar refractivity (Wildman–Crippen MR) is 149 cm³/mol. The van der Waals surface area contributed by atoms with Crippen molar-refractivity contribution in [2.45, 2.75) is 66.0 Å². The van der Waals surface area contributed by atoms with Crippen molar-refractivity contribution in [2.24, 2.45) is 5.41 Å². The molecule has 0 bridgehead atoms. The largest absolute Gasteiger partial charge is 0.374 e. The number of allylic oxidation sites excluding steroid dienone is 1. The van der Waals surface area contributed by atoms with E-state index < -0.39 is 8.07 Å². The van der Waals surface area contributed by atoms with E-state index in [1.165, 1.54) is 51.3 Å². The maximum Gasteiger partial charge on any atom is 0.193 e. The van der Waals surface area contributed by atoms with Gasteiger partial charge in [-0.25, -0.2) is 0 Å². The fraction of sp³-hybridized carbons (Fsp3) is 0.500. The number of fused-ring (bicyclic) bond motifs is 4. The molecule has 0 unspecified atom stereocenters. The number of carbonyl (C=O) groups is 1. The fourth-order valence-corrected chi connectivity index (χ4v) is 9.21. The van der Waals surface area contributed by atoms with E-state index in [-0.39, 0.29) is 5.78 Å². The lowest BCUT2D eigenvalue weighted by Gasteiger charge is -2.35. The molecular formula is C30H40N2OSi. The molecule has 4 heteroatoms. The van der Waals surface area contributed by atoms with Crippen LogP contribution < -0.4 is 20.2 Å². The molecule has 0 amide bonds. The summed E-state index contributed by atoms with van der Waals surface area (Å²) in [6.07, 6.45) is 10.2. The molecule has 0 saturated heterocycles. The second-order valence-corrected chi connectivity index (χ2v) is 16.7. The molecule has 2 aromatic carbocycles. The zero-order valence-corrected chi connectivity index (χ0v) is 23.1. The Labute approximate surface area is 206 Å². The van der Waals surface area contributed by atoms with Gasteiger partial charge in [0.25, 0.3) is 0 Å². The lowest BCUT2D eigenvalue weighted by molar-refractivity contribution is 0.103. The highest BCUT2D eigenvalue weighted by Gasteiger charge is 2.42. The number of hydrogen-bond donors (Lipinski definition) is 0. The van der Waals surface area contributed by atoms with Crippen molar-refractivity contribution in [1.29, 1.82) is 0 Å². The number of rotatable bonds is 4. The number of likely N-dealkylation sites (N-methyl/N-ethyl adjacent to an activating group) is 2. The summed E-state index contributed by atoms with van der Waals surface area (Å²) in [5, 5.41) is 2.64. The van der Waals surface area contributed by atoms with Crippen LogP contribution in [0.2, 0.25) is 13.1 Å². The fourth-order valence-electron chi connectivity index (χ4n) is 6.19. The van der Waals surface area contributed by atoms with Crippen molar-refractivity contribution in [2.75, 3.05) is 37.0 Å². The molecule has 0 atom stereocenters. The summed E-state index contributed by atoms with van der Waals surface area (Å²) in [5.74, 6) is 0.251. The smallest absolute Gasteiger partial charge is 0.193 e. The van der Waals surface area contributed by atoms with Crippen LogP contribution in [0.4, 0.5) is 11.4 Å². The number of hydrogen-bond acceptors (Lipinski definition) is 3. The maximum absolute atomic E-state index is 14.2. The molecule has 2 aromatic rings. The van der Waals surface area contributed by atoms with E-state index in [9.17, 15) is 4.79 Å². The minimum absolute atomic E-state index is 0.251. The van der Waals surface area contributed by atoms with E-state index in [0.717, 1.165) is 43.5 Å². The summed E-state index contributed by atoms with van der Waals surface area (Å²) in [7, 11) is 2.34. The molecule has 0 aromatic heterocycles. The third-order valence-corrected chi connectivity index (χ3v) is 11.8. The van der Waals surface area contributed by atoms with Crippen molar-refractivity contribution in [3.8, 4) is 0 Å². The van der Waals surface area contributed by atoms with Crippen LogP contribution in [-0.2, 0) is 12.8 Å². The number of nitrogens with zero attached hydrogens (tertiary/aromatic N) is 2. The number of ketones is 1. The van der Waals surface area contributed by atoms with Crippen molar-refractivity contribution in [3.63, 3.8) is 0 Å². The maximum atomic E-state index is 14.2.